The Hall–Kier alpha value is -2.34. The molecule has 6 nitrogen and oxygen atoms in total. The zero-order valence-corrected chi connectivity index (χ0v) is 15.3. The molecular formula is C19H26N4O2. The maximum absolute atomic E-state index is 13.0. The third-order valence-electron chi connectivity index (χ3n) is 4.90. The van der Waals surface area contributed by atoms with Gasteiger partial charge in [-0.2, -0.15) is 0 Å². The van der Waals surface area contributed by atoms with Gasteiger partial charge in [0.1, 0.15) is 5.69 Å². The second-order valence-corrected chi connectivity index (χ2v) is 7.25. The summed E-state index contributed by atoms with van der Waals surface area (Å²) in [5.41, 5.74) is 1.98. The van der Waals surface area contributed by atoms with Crippen molar-refractivity contribution in [1.29, 1.82) is 0 Å². The zero-order valence-electron chi connectivity index (χ0n) is 15.3. The number of nitrogens with zero attached hydrogens (tertiary/aromatic N) is 3. The summed E-state index contributed by atoms with van der Waals surface area (Å²) in [6.45, 7) is 8.63. The molecule has 0 spiro atoms. The van der Waals surface area contributed by atoms with Gasteiger partial charge in [-0.25, -0.2) is 4.68 Å². The van der Waals surface area contributed by atoms with E-state index in [-0.39, 0.29) is 17.5 Å². The normalized spacial score (nSPS) is 18.8. The number of aryl methyl sites for hydroxylation is 1. The number of benzene rings is 1. The number of aromatic nitrogens is 2. The fraction of sp³-hybridized carbons (Fsp3) is 0.474. The number of hydrogen-bond acceptors (Lipinski definition) is 3. The van der Waals surface area contributed by atoms with Crippen molar-refractivity contribution in [3.8, 4) is 5.69 Å². The Bertz CT molecular complexity index is 804. The molecular weight excluding hydrogens is 316 g/mol. The molecule has 1 N–H and O–H groups in total. The quantitative estimate of drug-likeness (QED) is 0.926. The van der Waals surface area contributed by atoms with Crippen LogP contribution >= 0.6 is 0 Å². The average Bonchev–Trinajstić information content (AvgIpc) is 2.96. The summed E-state index contributed by atoms with van der Waals surface area (Å²) in [5.74, 6) is 0.257. The highest BCUT2D eigenvalue weighted by Gasteiger charge is 2.32. The van der Waals surface area contributed by atoms with Crippen molar-refractivity contribution in [2.24, 2.45) is 5.92 Å². The highest BCUT2D eigenvalue weighted by molar-refractivity contribution is 5.92. The minimum Gasteiger partial charge on any atom is -0.332 e. The first-order chi connectivity index (χ1) is 11.9. The molecule has 1 fully saturated rings. The highest BCUT2D eigenvalue weighted by atomic mass is 16.2. The van der Waals surface area contributed by atoms with Crippen molar-refractivity contribution in [1.82, 2.24) is 19.6 Å². The van der Waals surface area contributed by atoms with E-state index in [1.165, 1.54) is 10.7 Å². The van der Waals surface area contributed by atoms with E-state index in [2.05, 4.69) is 30.9 Å². The zero-order chi connectivity index (χ0) is 18.1. The molecule has 6 heteroatoms. The van der Waals surface area contributed by atoms with Gasteiger partial charge in [0.15, 0.2) is 0 Å². The Kier molecular flexibility index (Phi) is 4.81. The van der Waals surface area contributed by atoms with E-state index in [4.69, 9.17) is 0 Å². The van der Waals surface area contributed by atoms with Gasteiger partial charge in [0, 0.05) is 31.7 Å². The number of carbonyl (C=O) groups excluding carboxylic acids is 1. The van der Waals surface area contributed by atoms with Crippen LogP contribution in [0, 0.1) is 12.8 Å². The molecule has 2 heterocycles. The number of nitrogens with one attached hydrogen (secondary N) is 1. The molecule has 0 bridgehead atoms. The molecule has 134 valence electrons. The second-order valence-electron chi connectivity index (χ2n) is 7.25. The highest BCUT2D eigenvalue weighted by Crippen LogP contribution is 2.18. The Morgan fingerprint density at radius 2 is 1.88 bits per heavy atom. The van der Waals surface area contributed by atoms with E-state index in [0.29, 0.717) is 18.2 Å². The first kappa shape index (κ1) is 17.5. The molecule has 25 heavy (non-hydrogen) atoms. The smallest absolute Gasteiger partial charge is 0.272 e. The first-order valence-corrected chi connectivity index (χ1v) is 8.75. The lowest BCUT2D eigenvalue weighted by molar-refractivity contribution is 0.0397. The average molecular weight is 342 g/mol. The minimum absolute atomic E-state index is 0.102. The molecule has 1 aliphatic heterocycles. The van der Waals surface area contributed by atoms with Gasteiger partial charge in [-0.05, 0) is 32.0 Å². The Balaban J connectivity index is 1.89. The molecule has 0 aliphatic carbocycles. The van der Waals surface area contributed by atoms with Crippen LogP contribution in [0.3, 0.4) is 0 Å². The fourth-order valence-electron chi connectivity index (χ4n) is 3.32. The lowest BCUT2D eigenvalue weighted by Crippen LogP contribution is -2.56. The molecule has 0 unspecified atom stereocenters. The predicted octanol–water partition coefficient (Wildman–Crippen LogP) is 1.89. The van der Waals surface area contributed by atoms with Crippen LogP contribution in [0.1, 0.15) is 29.9 Å². The second kappa shape index (κ2) is 6.88. The van der Waals surface area contributed by atoms with Crippen molar-refractivity contribution in [2.45, 2.75) is 26.8 Å². The third-order valence-corrected chi connectivity index (χ3v) is 4.90. The number of likely N-dealkylation sites (N-methyl/N-ethyl adjacent to an activating group) is 1. The molecule has 1 aliphatic rings. The lowest BCUT2D eigenvalue weighted by Gasteiger charge is -2.42. The fourth-order valence-corrected chi connectivity index (χ4v) is 3.32. The molecule has 1 aromatic heterocycles. The standard InChI is InChI=1S/C19H26N4O2/c1-13(2)17-12-21(4)9-10-22(17)19(25)16-11-18(24)23(20-16)15-7-5-14(3)6-8-15/h5-8,11,13,17,20H,9-10,12H2,1-4H3/t17-/m0/s1. The molecule has 3 rings (SSSR count). The van der Waals surface area contributed by atoms with Gasteiger partial charge in [0.2, 0.25) is 0 Å². The molecule has 0 radical (unpaired) electrons. The Morgan fingerprint density at radius 1 is 1.20 bits per heavy atom. The van der Waals surface area contributed by atoms with Crippen molar-refractivity contribution >= 4 is 5.91 Å². The molecule has 1 atom stereocenters. The number of hydrogen-bond donors (Lipinski definition) is 1. The maximum atomic E-state index is 13.0. The van der Waals surface area contributed by atoms with E-state index in [9.17, 15) is 9.59 Å². The van der Waals surface area contributed by atoms with Crippen molar-refractivity contribution in [3.05, 3.63) is 51.9 Å². The van der Waals surface area contributed by atoms with Gasteiger partial charge in [-0.15, -0.1) is 0 Å². The number of aromatic amines is 1. The van der Waals surface area contributed by atoms with Crippen LogP contribution in [-0.2, 0) is 0 Å². The molecule has 1 amide bonds. The van der Waals surface area contributed by atoms with Crippen LogP contribution in [0.2, 0.25) is 0 Å². The van der Waals surface area contributed by atoms with Crippen molar-refractivity contribution in [3.63, 3.8) is 0 Å². The summed E-state index contributed by atoms with van der Waals surface area (Å²) >= 11 is 0. The predicted molar refractivity (Wildman–Crippen MR) is 98.3 cm³/mol. The molecule has 1 saturated heterocycles. The summed E-state index contributed by atoms with van der Waals surface area (Å²) in [4.78, 5) is 29.5. The molecule has 0 saturated carbocycles. The third kappa shape index (κ3) is 3.54. The summed E-state index contributed by atoms with van der Waals surface area (Å²) in [6, 6.07) is 9.18. The maximum Gasteiger partial charge on any atom is 0.272 e. The van der Waals surface area contributed by atoms with Crippen LogP contribution in [0.4, 0.5) is 0 Å². The summed E-state index contributed by atoms with van der Waals surface area (Å²) in [6.07, 6.45) is 0. The van der Waals surface area contributed by atoms with Crippen LogP contribution in [0.5, 0.6) is 0 Å². The van der Waals surface area contributed by atoms with Crippen LogP contribution in [0.15, 0.2) is 35.1 Å². The van der Waals surface area contributed by atoms with Gasteiger partial charge >= 0.3 is 0 Å². The van der Waals surface area contributed by atoms with Crippen LogP contribution < -0.4 is 5.56 Å². The van der Waals surface area contributed by atoms with Crippen LogP contribution in [-0.4, -0.2) is 58.2 Å². The van der Waals surface area contributed by atoms with Gasteiger partial charge in [-0.3, -0.25) is 14.7 Å². The largest absolute Gasteiger partial charge is 0.332 e. The van der Waals surface area contributed by atoms with E-state index in [1.807, 2.05) is 36.1 Å². The topological polar surface area (TPSA) is 61.3 Å². The summed E-state index contributed by atoms with van der Waals surface area (Å²) in [7, 11) is 2.08. The lowest BCUT2D eigenvalue weighted by atomic mass is 9.99. The van der Waals surface area contributed by atoms with Crippen molar-refractivity contribution in [2.75, 3.05) is 26.7 Å². The molecule has 2 aromatic rings. The number of carbonyl (C=O) groups is 1. The van der Waals surface area contributed by atoms with Gasteiger partial charge < -0.3 is 9.80 Å². The van der Waals surface area contributed by atoms with Gasteiger partial charge in [-0.1, -0.05) is 31.5 Å². The van der Waals surface area contributed by atoms with Gasteiger partial charge in [0.25, 0.3) is 11.5 Å². The number of amides is 1. The van der Waals surface area contributed by atoms with E-state index < -0.39 is 0 Å². The summed E-state index contributed by atoms with van der Waals surface area (Å²) in [5, 5.41) is 2.98. The van der Waals surface area contributed by atoms with E-state index in [1.54, 1.807) is 0 Å². The Labute approximate surface area is 148 Å². The first-order valence-electron chi connectivity index (χ1n) is 8.75. The number of H-pyrrole nitrogens is 1. The van der Waals surface area contributed by atoms with Gasteiger partial charge in [0.05, 0.1) is 5.69 Å². The Morgan fingerprint density at radius 3 is 2.52 bits per heavy atom. The van der Waals surface area contributed by atoms with E-state index in [0.717, 1.165) is 24.3 Å². The van der Waals surface area contributed by atoms with Crippen molar-refractivity contribution < 1.29 is 4.79 Å². The molecule has 1 aromatic carbocycles. The number of piperazine rings is 1. The van der Waals surface area contributed by atoms with E-state index >= 15 is 0 Å². The minimum atomic E-state index is -0.220. The number of rotatable bonds is 3. The summed E-state index contributed by atoms with van der Waals surface area (Å²) < 4.78 is 1.42. The van der Waals surface area contributed by atoms with Crippen LogP contribution in [0.25, 0.3) is 5.69 Å². The monoisotopic (exact) mass is 342 g/mol. The SMILES string of the molecule is Cc1ccc(-n2[nH]c(C(=O)N3CCN(C)C[C@H]3C(C)C)cc2=O)cc1.